The number of aromatic nitrogens is 2. The number of benzene rings is 1. The van der Waals surface area contributed by atoms with Gasteiger partial charge in [-0.05, 0) is 60.9 Å². The van der Waals surface area contributed by atoms with Crippen LogP contribution < -0.4 is 10.2 Å². The summed E-state index contributed by atoms with van der Waals surface area (Å²) in [5.74, 6) is 2.02. The van der Waals surface area contributed by atoms with Crippen LogP contribution >= 0.6 is 0 Å². The van der Waals surface area contributed by atoms with Gasteiger partial charge in [-0.15, -0.1) is 5.10 Å². The normalized spacial score (nSPS) is 20.2. The molecule has 0 radical (unpaired) electrons. The second-order valence-electron chi connectivity index (χ2n) is 9.76. The van der Waals surface area contributed by atoms with Crippen molar-refractivity contribution in [2.75, 3.05) is 36.4 Å². The highest BCUT2D eigenvalue weighted by atomic mass is 16.2. The van der Waals surface area contributed by atoms with Crippen LogP contribution in [0, 0.1) is 17.8 Å². The van der Waals surface area contributed by atoms with Crippen LogP contribution in [0.5, 0.6) is 0 Å². The third-order valence-electron chi connectivity index (χ3n) is 7.29. The number of anilines is 2. The minimum absolute atomic E-state index is 0.0539. The van der Waals surface area contributed by atoms with Gasteiger partial charge in [0.25, 0.3) is 0 Å². The van der Waals surface area contributed by atoms with Crippen molar-refractivity contribution in [1.82, 2.24) is 15.1 Å². The first-order chi connectivity index (χ1) is 15.9. The van der Waals surface area contributed by atoms with Gasteiger partial charge >= 0.3 is 0 Å². The van der Waals surface area contributed by atoms with Crippen LogP contribution in [0.2, 0.25) is 0 Å². The summed E-state index contributed by atoms with van der Waals surface area (Å²) in [6.45, 7) is 9.37. The molecule has 0 aliphatic carbocycles. The van der Waals surface area contributed by atoms with E-state index in [9.17, 15) is 9.59 Å². The number of amides is 2. The van der Waals surface area contributed by atoms with Crippen molar-refractivity contribution in [3.63, 3.8) is 0 Å². The molecule has 2 aliphatic heterocycles. The zero-order chi connectivity index (χ0) is 23.4. The van der Waals surface area contributed by atoms with Gasteiger partial charge in [0.2, 0.25) is 11.8 Å². The van der Waals surface area contributed by atoms with Crippen LogP contribution in [-0.2, 0) is 9.59 Å². The molecule has 7 nitrogen and oxygen atoms in total. The Morgan fingerprint density at radius 3 is 2.36 bits per heavy atom. The summed E-state index contributed by atoms with van der Waals surface area (Å²) in [5, 5.41) is 11.2. The molecule has 2 fully saturated rings. The highest BCUT2D eigenvalue weighted by Gasteiger charge is 2.30. The lowest BCUT2D eigenvalue weighted by atomic mass is 9.88. The maximum absolute atomic E-state index is 12.8. The first kappa shape index (κ1) is 23.2. The molecule has 0 spiro atoms. The number of nitrogens with zero attached hydrogens (tertiary/aromatic N) is 4. The molecule has 1 N–H and O–H groups in total. The molecule has 2 aliphatic rings. The fourth-order valence-corrected chi connectivity index (χ4v) is 4.73. The highest BCUT2D eigenvalue weighted by molar-refractivity contribution is 5.93. The van der Waals surface area contributed by atoms with Gasteiger partial charge in [-0.1, -0.05) is 32.9 Å². The van der Waals surface area contributed by atoms with E-state index in [0.29, 0.717) is 18.4 Å². The third-order valence-corrected chi connectivity index (χ3v) is 7.29. The number of carbonyl (C=O) groups is 2. The molecule has 1 aromatic carbocycles. The lowest BCUT2D eigenvalue weighted by Gasteiger charge is -2.34. The molecule has 0 saturated carbocycles. The Kier molecular flexibility index (Phi) is 7.26. The fraction of sp³-hybridized carbons (Fsp3) is 0.538. The topological polar surface area (TPSA) is 78.4 Å². The van der Waals surface area contributed by atoms with E-state index >= 15 is 0 Å². The van der Waals surface area contributed by atoms with E-state index < -0.39 is 0 Å². The highest BCUT2D eigenvalue weighted by Crippen LogP contribution is 2.30. The van der Waals surface area contributed by atoms with Crippen molar-refractivity contribution in [2.45, 2.75) is 46.0 Å². The summed E-state index contributed by atoms with van der Waals surface area (Å²) in [6.07, 6.45) is 4.45. The average Bonchev–Trinajstić information content (AvgIpc) is 3.35. The molecular formula is C26H35N5O2. The van der Waals surface area contributed by atoms with Gasteiger partial charge in [-0.2, -0.15) is 5.10 Å². The Hall–Kier alpha value is -2.96. The molecule has 7 heteroatoms. The number of likely N-dealkylation sites (tertiary alicyclic amines) is 1. The van der Waals surface area contributed by atoms with Gasteiger partial charge in [-0.25, -0.2) is 0 Å². The summed E-state index contributed by atoms with van der Waals surface area (Å²) in [6, 6.07) is 12.0. The average molecular weight is 450 g/mol. The van der Waals surface area contributed by atoms with Crippen LogP contribution in [0.4, 0.5) is 11.5 Å². The number of piperidine rings is 1. The monoisotopic (exact) mass is 449 g/mol. The van der Waals surface area contributed by atoms with Crippen molar-refractivity contribution in [2.24, 2.45) is 17.8 Å². The van der Waals surface area contributed by atoms with Gasteiger partial charge in [0, 0.05) is 44.0 Å². The van der Waals surface area contributed by atoms with E-state index in [1.165, 1.54) is 5.56 Å². The zero-order valence-electron chi connectivity index (χ0n) is 19.9. The Labute approximate surface area is 196 Å². The predicted octanol–water partition coefficient (Wildman–Crippen LogP) is 3.94. The summed E-state index contributed by atoms with van der Waals surface area (Å²) >= 11 is 0. The number of rotatable bonds is 6. The number of hydrogen-bond donors (Lipinski definition) is 1. The lowest BCUT2D eigenvalue weighted by molar-refractivity contribution is -0.137. The second-order valence-corrected chi connectivity index (χ2v) is 9.76. The van der Waals surface area contributed by atoms with Gasteiger partial charge in [0.15, 0.2) is 5.82 Å². The van der Waals surface area contributed by atoms with Gasteiger partial charge in [-0.3, -0.25) is 9.59 Å². The van der Waals surface area contributed by atoms with E-state index in [2.05, 4.69) is 46.4 Å². The Morgan fingerprint density at radius 2 is 1.73 bits per heavy atom. The summed E-state index contributed by atoms with van der Waals surface area (Å²) < 4.78 is 0. The zero-order valence-corrected chi connectivity index (χ0v) is 19.9. The summed E-state index contributed by atoms with van der Waals surface area (Å²) in [5.41, 5.74) is 2.12. The maximum atomic E-state index is 12.8. The maximum Gasteiger partial charge on any atom is 0.229 e. The first-order valence-corrected chi connectivity index (χ1v) is 12.1. The molecule has 33 heavy (non-hydrogen) atoms. The molecule has 0 bridgehead atoms. The van der Waals surface area contributed by atoms with E-state index in [1.54, 1.807) is 6.20 Å². The number of hydrogen-bond acceptors (Lipinski definition) is 5. The van der Waals surface area contributed by atoms with E-state index in [0.717, 1.165) is 50.4 Å². The SMILES string of the molecule is CC(C)C(C)C(=O)N1CCC(c2ccc(NC(=O)C3CCN(c4cccnn4)C3)cc2)CC1. The molecule has 2 amide bonds. The first-order valence-electron chi connectivity index (χ1n) is 12.1. The van der Waals surface area contributed by atoms with Gasteiger partial charge in [0.1, 0.15) is 0 Å². The van der Waals surface area contributed by atoms with Crippen molar-refractivity contribution in [3.05, 3.63) is 48.2 Å². The molecule has 3 heterocycles. The Bertz CT molecular complexity index is 939. The van der Waals surface area contributed by atoms with Crippen molar-refractivity contribution in [3.8, 4) is 0 Å². The van der Waals surface area contributed by atoms with Crippen LogP contribution in [0.1, 0.15) is 51.5 Å². The predicted molar refractivity (Wildman–Crippen MR) is 130 cm³/mol. The van der Waals surface area contributed by atoms with Crippen LogP contribution in [0.25, 0.3) is 0 Å². The fourth-order valence-electron chi connectivity index (χ4n) is 4.73. The molecule has 176 valence electrons. The standard InChI is InChI=1S/C26H35N5O2/c1-18(2)19(3)26(33)30-14-10-21(11-15-30)20-6-8-23(9-7-20)28-25(32)22-12-16-31(17-22)24-5-4-13-27-29-24/h4-9,13,18-19,21-22H,10-12,14-17H2,1-3H3,(H,28,32). The summed E-state index contributed by atoms with van der Waals surface area (Å²) in [7, 11) is 0. The third kappa shape index (κ3) is 5.52. The van der Waals surface area contributed by atoms with Crippen molar-refractivity contribution >= 4 is 23.3 Å². The second kappa shape index (κ2) is 10.3. The molecule has 1 aromatic heterocycles. The van der Waals surface area contributed by atoms with Gasteiger partial charge < -0.3 is 15.1 Å². The van der Waals surface area contributed by atoms with Crippen molar-refractivity contribution < 1.29 is 9.59 Å². The largest absolute Gasteiger partial charge is 0.354 e. The molecule has 2 unspecified atom stereocenters. The van der Waals surface area contributed by atoms with Crippen LogP contribution in [0.15, 0.2) is 42.6 Å². The van der Waals surface area contributed by atoms with Crippen LogP contribution in [-0.4, -0.2) is 53.1 Å². The van der Waals surface area contributed by atoms with E-state index in [1.807, 2.05) is 36.1 Å². The number of carbonyl (C=O) groups excluding carboxylic acids is 2. The van der Waals surface area contributed by atoms with Crippen LogP contribution in [0.3, 0.4) is 0 Å². The minimum Gasteiger partial charge on any atom is -0.354 e. The minimum atomic E-state index is -0.0539. The molecule has 4 rings (SSSR count). The quantitative estimate of drug-likeness (QED) is 0.723. The molecule has 2 saturated heterocycles. The van der Waals surface area contributed by atoms with E-state index in [4.69, 9.17) is 0 Å². The molecule has 2 aromatic rings. The smallest absolute Gasteiger partial charge is 0.229 e. The molecular weight excluding hydrogens is 414 g/mol. The van der Waals surface area contributed by atoms with Gasteiger partial charge in [0.05, 0.1) is 5.92 Å². The van der Waals surface area contributed by atoms with Crippen molar-refractivity contribution in [1.29, 1.82) is 0 Å². The van der Waals surface area contributed by atoms with E-state index in [-0.39, 0.29) is 23.7 Å². The molecule has 2 atom stereocenters. The summed E-state index contributed by atoms with van der Waals surface area (Å²) in [4.78, 5) is 29.5. The lowest BCUT2D eigenvalue weighted by Crippen LogP contribution is -2.41. The Balaban J connectivity index is 1.27. The Morgan fingerprint density at radius 1 is 1.00 bits per heavy atom. The number of nitrogens with one attached hydrogen (secondary N) is 1.